The summed E-state index contributed by atoms with van der Waals surface area (Å²) in [5.41, 5.74) is 4.80. The Balaban J connectivity index is 0.00000196. The van der Waals surface area contributed by atoms with Crippen molar-refractivity contribution in [1.82, 2.24) is 15.5 Å². The van der Waals surface area contributed by atoms with Gasteiger partial charge in [0, 0.05) is 32.1 Å². The first kappa shape index (κ1) is 14.2. The highest BCUT2D eigenvalue weighted by atomic mass is 35.5. The average molecular weight is 237 g/mol. The average Bonchev–Trinajstić information content (AvgIpc) is 1.96. The van der Waals surface area contributed by atoms with Crippen LogP contribution < -0.4 is 16.4 Å². The van der Waals surface area contributed by atoms with E-state index in [-0.39, 0.29) is 18.3 Å². The van der Waals surface area contributed by atoms with Gasteiger partial charge in [0.1, 0.15) is 0 Å². The summed E-state index contributed by atoms with van der Waals surface area (Å²) in [5, 5.41) is 5.18. The SMILES string of the molecule is CN(CCC(=O)NC(N)=O)C1CNC1.Cl. The standard InChI is InChI=1S/C8H16N4O2.ClH/c1-12(6-4-10-5-6)3-2-7(13)11-8(9)14;/h6,10H,2-5H2,1H3,(H3,9,11,13,14);1H. The van der Waals surface area contributed by atoms with Crippen LogP contribution in [0.2, 0.25) is 0 Å². The fraction of sp³-hybridized carbons (Fsp3) is 0.750. The Morgan fingerprint density at radius 2 is 2.13 bits per heavy atom. The van der Waals surface area contributed by atoms with Crippen molar-refractivity contribution in [2.24, 2.45) is 5.73 Å². The molecule has 1 aliphatic heterocycles. The van der Waals surface area contributed by atoms with Crippen molar-refractivity contribution >= 4 is 24.3 Å². The molecule has 1 fully saturated rings. The lowest BCUT2D eigenvalue weighted by Gasteiger charge is -2.35. The van der Waals surface area contributed by atoms with Gasteiger partial charge >= 0.3 is 6.03 Å². The van der Waals surface area contributed by atoms with E-state index in [0.717, 1.165) is 13.1 Å². The van der Waals surface area contributed by atoms with Gasteiger partial charge in [-0.15, -0.1) is 12.4 Å². The Bertz CT molecular complexity index is 233. The van der Waals surface area contributed by atoms with E-state index in [0.29, 0.717) is 19.0 Å². The van der Waals surface area contributed by atoms with Gasteiger partial charge in [0.05, 0.1) is 0 Å². The first-order chi connectivity index (χ1) is 6.59. The second-order valence-corrected chi connectivity index (χ2v) is 3.46. The number of nitrogens with zero attached hydrogens (tertiary/aromatic N) is 1. The van der Waals surface area contributed by atoms with Crippen LogP contribution in [0.5, 0.6) is 0 Å². The van der Waals surface area contributed by atoms with E-state index in [1.165, 1.54) is 0 Å². The molecule has 3 amide bonds. The van der Waals surface area contributed by atoms with Crippen LogP contribution in [0.4, 0.5) is 4.79 Å². The molecule has 15 heavy (non-hydrogen) atoms. The molecule has 6 nitrogen and oxygen atoms in total. The number of hydrogen-bond donors (Lipinski definition) is 3. The van der Waals surface area contributed by atoms with E-state index in [9.17, 15) is 9.59 Å². The maximum Gasteiger partial charge on any atom is 0.318 e. The predicted octanol–water partition coefficient (Wildman–Crippen LogP) is -1.10. The van der Waals surface area contributed by atoms with Crippen LogP contribution in [-0.4, -0.2) is 49.6 Å². The van der Waals surface area contributed by atoms with Crippen LogP contribution in [0, 0.1) is 0 Å². The highest BCUT2D eigenvalue weighted by Gasteiger charge is 2.21. The third-order valence-electron chi connectivity index (χ3n) is 2.34. The number of imide groups is 1. The zero-order chi connectivity index (χ0) is 10.6. The number of amides is 3. The van der Waals surface area contributed by atoms with Crippen LogP contribution in [0.3, 0.4) is 0 Å². The smallest absolute Gasteiger partial charge is 0.318 e. The monoisotopic (exact) mass is 236 g/mol. The Labute approximate surface area is 95.0 Å². The minimum Gasteiger partial charge on any atom is -0.351 e. The third-order valence-corrected chi connectivity index (χ3v) is 2.34. The van der Waals surface area contributed by atoms with Crippen LogP contribution in [0.15, 0.2) is 0 Å². The Morgan fingerprint density at radius 3 is 2.53 bits per heavy atom. The predicted molar refractivity (Wildman–Crippen MR) is 58.9 cm³/mol. The molecule has 0 unspecified atom stereocenters. The summed E-state index contributed by atoms with van der Waals surface area (Å²) in [4.78, 5) is 23.4. The first-order valence-electron chi connectivity index (χ1n) is 4.60. The number of rotatable bonds is 4. The maximum absolute atomic E-state index is 11.0. The quantitative estimate of drug-likeness (QED) is 0.578. The first-order valence-corrected chi connectivity index (χ1v) is 4.60. The number of primary amides is 1. The number of nitrogens with one attached hydrogen (secondary N) is 2. The summed E-state index contributed by atoms with van der Waals surface area (Å²) in [7, 11) is 1.96. The van der Waals surface area contributed by atoms with Crippen molar-refractivity contribution in [3.8, 4) is 0 Å². The number of carbonyl (C=O) groups excluding carboxylic acids is 2. The molecule has 0 saturated carbocycles. The molecule has 1 rings (SSSR count). The second kappa shape index (κ2) is 6.60. The number of nitrogens with two attached hydrogens (primary N) is 1. The molecular formula is C8H17ClN4O2. The normalized spacial score (nSPS) is 15.3. The summed E-state index contributed by atoms with van der Waals surface area (Å²) >= 11 is 0. The van der Waals surface area contributed by atoms with E-state index >= 15 is 0 Å². The summed E-state index contributed by atoms with van der Waals surface area (Å²) in [6.45, 7) is 2.58. The van der Waals surface area contributed by atoms with Crippen LogP contribution in [-0.2, 0) is 4.79 Å². The molecular weight excluding hydrogens is 220 g/mol. The number of urea groups is 1. The van der Waals surface area contributed by atoms with Crippen molar-refractivity contribution in [3.63, 3.8) is 0 Å². The molecule has 7 heteroatoms. The van der Waals surface area contributed by atoms with Crippen molar-refractivity contribution in [1.29, 1.82) is 0 Å². The van der Waals surface area contributed by atoms with Crippen molar-refractivity contribution in [2.75, 3.05) is 26.7 Å². The molecule has 0 spiro atoms. The van der Waals surface area contributed by atoms with Crippen LogP contribution in [0.25, 0.3) is 0 Å². The maximum atomic E-state index is 11.0. The third kappa shape index (κ3) is 4.96. The van der Waals surface area contributed by atoms with E-state index in [1.54, 1.807) is 0 Å². The van der Waals surface area contributed by atoms with Gasteiger partial charge in [-0.3, -0.25) is 10.1 Å². The van der Waals surface area contributed by atoms with Crippen molar-refractivity contribution < 1.29 is 9.59 Å². The molecule has 0 atom stereocenters. The van der Waals surface area contributed by atoms with Gasteiger partial charge < -0.3 is 16.0 Å². The molecule has 4 N–H and O–H groups in total. The molecule has 0 radical (unpaired) electrons. The Kier molecular flexibility index (Phi) is 6.23. The summed E-state index contributed by atoms with van der Waals surface area (Å²) in [6, 6.07) is -0.278. The van der Waals surface area contributed by atoms with E-state index in [2.05, 4.69) is 10.2 Å². The van der Waals surface area contributed by atoms with E-state index < -0.39 is 6.03 Å². The van der Waals surface area contributed by atoms with Gasteiger partial charge in [-0.2, -0.15) is 0 Å². The zero-order valence-corrected chi connectivity index (χ0v) is 9.47. The van der Waals surface area contributed by atoms with Gasteiger partial charge in [-0.05, 0) is 7.05 Å². The largest absolute Gasteiger partial charge is 0.351 e. The van der Waals surface area contributed by atoms with Gasteiger partial charge in [0.2, 0.25) is 5.91 Å². The summed E-state index contributed by atoms with van der Waals surface area (Å²) < 4.78 is 0. The molecule has 0 aromatic rings. The molecule has 0 aromatic carbocycles. The highest BCUT2D eigenvalue weighted by Crippen LogP contribution is 2.02. The van der Waals surface area contributed by atoms with Crippen molar-refractivity contribution in [3.05, 3.63) is 0 Å². The zero-order valence-electron chi connectivity index (χ0n) is 8.66. The molecule has 1 aliphatic rings. The number of carbonyl (C=O) groups is 2. The Morgan fingerprint density at radius 1 is 1.53 bits per heavy atom. The van der Waals surface area contributed by atoms with Gasteiger partial charge in [-0.25, -0.2) is 4.79 Å². The van der Waals surface area contributed by atoms with E-state index in [1.807, 2.05) is 12.4 Å². The minimum absolute atomic E-state index is 0. The molecule has 0 bridgehead atoms. The lowest BCUT2D eigenvalue weighted by molar-refractivity contribution is -0.120. The molecule has 88 valence electrons. The minimum atomic E-state index is -0.789. The number of halogens is 1. The van der Waals surface area contributed by atoms with E-state index in [4.69, 9.17) is 5.73 Å². The molecule has 0 aromatic heterocycles. The number of likely N-dealkylation sites (N-methyl/N-ethyl adjacent to an activating group) is 1. The fourth-order valence-electron chi connectivity index (χ4n) is 1.25. The Hall–Kier alpha value is -0.850. The number of hydrogen-bond acceptors (Lipinski definition) is 4. The topological polar surface area (TPSA) is 87.5 Å². The molecule has 1 heterocycles. The van der Waals surface area contributed by atoms with Gasteiger partial charge in [0.15, 0.2) is 0 Å². The fourth-order valence-corrected chi connectivity index (χ4v) is 1.25. The van der Waals surface area contributed by atoms with Crippen molar-refractivity contribution in [2.45, 2.75) is 12.5 Å². The molecule has 1 saturated heterocycles. The van der Waals surface area contributed by atoms with Gasteiger partial charge in [-0.1, -0.05) is 0 Å². The summed E-state index contributed by atoms with van der Waals surface area (Å²) in [5.74, 6) is -0.323. The summed E-state index contributed by atoms with van der Waals surface area (Å²) in [6.07, 6.45) is 0.302. The van der Waals surface area contributed by atoms with Crippen LogP contribution in [0.1, 0.15) is 6.42 Å². The second-order valence-electron chi connectivity index (χ2n) is 3.46. The molecule has 0 aliphatic carbocycles. The lowest BCUT2D eigenvalue weighted by Crippen LogP contribution is -2.56. The van der Waals surface area contributed by atoms with Crippen LogP contribution >= 0.6 is 12.4 Å². The highest BCUT2D eigenvalue weighted by molar-refractivity contribution is 5.93. The van der Waals surface area contributed by atoms with Gasteiger partial charge in [0.25, 0.3) is 0 Å². The lowest BCUT2D eigenvalue weighted by atomic mass is 10.1.